The van der Waals surface area contributed by atoms with Crippen LogP contribution >= 0.6 is 0 Å². The normalized spacial score (nSPS) is 20.3. The molecule has 166 valence electrons. The van der Waals surface area contributed by atoms with Gasteiger partial charge in [-0.15, -0.1) is 0 Å². The van der Waals surface area contributed by atoms with E-state index in [2.05, 4.69) is 10.6 Å². The zero-order valence-electron chi connectivity index (χ0n) is 17.8. The van der Waals surface area contributed by atoms with Gasteiger partial charge in [-0.05, 0) is 51.3 Å². The van der Waals surface area contributed by atoms with Crippen LogP contribution < -0.4 is 10.6 Å². The van der Waals surface area contributed by atoms with E-state index in [1.807, 2.05) is 0 Å². The topological polar surface area (TPSA) is 100 Å². The lowest BCUT2D eigenvalue weighted by Gasteiger charge is -2.42. The Morgan fingerprint density at radius 1 is 1.23 bits per heavy atom. The van der Waals surface area contributed by atoms with Gasteiger partial charge in [0, 0.05) is 29.5 Å². The van der Waals surface area contributed by atoms with E-state index in [9.17, 15) is 28.3 Å². The number of anilines is 1. The fourth-order valence-corrected chi connectivity index (χ4v) is 4.10. The highest BCUT2D eigenvalue weighted by molar-refractivity contribution is 6.43. The Bertz CT molecular complexity index is 1060. The van der Waals surface area contributed by atoms with Crippen LogP contribution in [0.15, 0.2) is 24.3 Å². The molecule has 1 fully saturated rings. The van der Waals surface area contributed by atoms with Gasteiger partial charge in [0.15, 0.2) is 0 Å². The predicted molar refractivity (Wildman–Crippen MR) is 110 cm³/mol. The van der Waals surface area contributed by atoms with Crippen molar-refractivity contribution >= 4 is 23.3 Å². The van der Waals surface area contributed by atoms with Crippen molar-refractivity contribution in [3.05, 3.63) is 52.3 Å². The van der Waals surface area contributed by atoms with Crippen LogP contribution in [0.25, 0.3) is 0 Å². The van der Waals surface area contributed by atoms with Gasteiger partial charge in [0.1, 0.15) is 0 Å². The number of carbonyl (C=O) groups is 3. The maximum Gasteiger partial charge on any atom is 0.294 e. The largest absolute Gasteiger partial charge is 0.393 e. The van der Waals surface area contributed by atoms with Crippen molar-refractivity contribution in [3.8, 4) is 0 Å². The van der Waals surface area contributed by atoms with Crippen LogP contribution in [0.5, 0.6) is 0 Å². The maximum atomic E-state index is 12.9. The number of aliphatic hydroxyl groups excluding tert-OH is 1. The molecule has 0 bridgehead atoms. The first-order chi connectivity index (χ1) is 14.4. The van der Waals surface area contributed by atoms with Crippen molar-refractivity contribution in [1.29, 1.82) is 0 Å². The fourth-order valence-electron chi connectivity index (χ4n) is 4.10. The minimum atomic E-state index is -2.67. The summed E-state index contributed by atoms with van der Waals surface area (Å²) in [6, 6.07) is 5.35. The number of aliphatic hydroxyl groups is 1. The summed E-state index contributed by atoms with van der Waals surface area (Å²) in [4.78, 5) is 38.2. The van der Waals surface area contributed by atoms with Crippen molar-refractivity contribution in [2.24, 2.45) is 7.05 Å². The second-order valence-corrected chi connectivity index (χ2v) is 8.28. The number of nitrogens with zero attached hydrogens (tertiary/aromatic N) is 1. The lowest BCUT2D eigenvalue weighted by atomic mass is 9.76. The monoisotopic (exact) mass is 433 g/mol. The molecule has 1 aliphatic carbocycles. The van der Waals surface area contributed by atoms with Gasteiger partial charge in [0.2, 0.25) is 0 Å². The molecule has 3 N–H and O–H groups in total. The van der Waals surface area contributed by atoms with Crippen molar-refractivity contribution in [1.82, 2.24) is 9.88 Å². The van der Waals surface area contributed by atoms with Gasteiger partial charge >= 0.3 is 0 Å². The molecule has 1 heterocycles. The minimum absolute atomic E-state index is 0.0740. The Morgan fingerprint density at radius 2 is 1.87 bits per heavy atom. The van der Waals surface area contributed by atoms with Crippen LogP contribution in [0.1, 0.15) is 63.9 Å². The maximum absolute atomic E-state index is 12.9. The van der Waals surface area contributed by atoms with Crippen LogP contribution in [0.3, 0.4) is 0 Å². The van der Waals surface area contributed by atoms with Gasteiger partial charge in [-0.3, -0.25) is 14.4 Å². The molecule has 7 nitrogen and oxygen atoms in total. The Morgan fingerprint density at radius 3 is 2.45 bits per heavy atom. The Balaban J connectivity index is 1.84. The molecule has 0 saturated heterocycles. The molecule has 0 aliphatic heterocycles. The van der Waals surface area contributed by atoms with Crippen molar-refractivity contribution in [2.45, 2.75) is 51.7 Å². The van der Waals surface area contributed by atoms with Crippen molar-refractivity contribution in [3.63, 3.8) is 0 Å². The second-order valence-electron chi connectivity index (χ2n) is 8.28. The zero-order valence-corrected chi connectivity index (χ0v) is 17.8. The molecule has 0 radical (unpaired) electrons. The second kappa shape index (κ2) is 8.22. The molecular weight excluding hydrogens is 408 g/mol. The van der Waals surface area contributed by atoms with Crippen LogP contribution in [0.4, 0.5) is 14.5 Å². The van der Waals surface area contributed by atoms with E-state index >= 15 is 0 Å². The predicted octanol–water partition coefficient (Wildman–Crippen LogP) is 3.04. The van der Waals surface area contributed by atoms with E-state index in [-0.39, 0.29) is 22.5 Å². The van der Waals surface area contributed by atoms with Gasteiger partial charge < -0.3 is 20.3 Å². The first-order valence-corrected chi connectivity index (χ1v) is 9.84. The van der Waals surface area contributed by atoms with E-state index in [4.69, 9.17) is 0 Å². The van der Waals surface area contributed by atoms with Crippen LogP contribution in [-0.2, 0) is 11.8 Å². The first-order valence-electron chi connectivity index (χ1n) is 9.84. The Kier molecular flexibility index (Phi) is 6.00. The van der Waals surface area contributed by atoms with Gasteiger partial charge in [-0.25, -0.2) is 8.78 Å². The number of alkyl halides is 2. The molecule has 2 amide bonds. The minimum Gasteiger partial charge on any atom is -0.393 e. The highest BCUT2D eigenvalue weighted by Crippen LogP contribution is 2.32. The molecule has 0 spiro atoms. The summed E-state index contributed by atoms with van der Waals surface area (Å²) in [7, 11) is 1.58. The molecule has 3 rings (SSSR count). The Hall–Kier alpha value is -3.07. The van der Waals surface area contributed by atoms with E-state index in [1.165, 1.54) is 28.8 Å². The molecule has 0 atom stereocenters. The number of aromatic nitrogens is 1. The van der Waals surface area contributed by atoms with Crippen LogP contribution in [0.2, 0.25) is 0 Å². The number of hydrogen-bond acceptors (Lipinski definition) is 4. The molecule has 1 saturated carbocycles. The number of benzene rings is 1. The third-order valence-electron chi connectivity index (χ3n) is 5.76. The average Bonchev–Trinajstić information content (AvgIpc) is 2.88. The number of Topliss-reactive ketones (excluding diaryl/α,β-unsaturated/α-hetero) is 1. The number of nitrogens with one attached hydrogen (secondary N) is 2. The zero-order chi connectivity index (χ0) is 23.1. The van der Waals surface area contributed by atoms with Gasteiger partial charge in [-0.1, -0.05) is 12.1 Å². The van der Waals surface area contributed by atoms with Crippen molar-refractivity contribution in [2.75, 3.05) is 5.32 Å². The van der Waals surface area contributed by atoms with Gasteiger partial charge in [0.25, 0.3) is 24.0 Å². The van der Waals surface area contributed by atoms with Crippen LogP contribution in [-0.4, -0.2) is 38.9 Å². The third-order valence-corrected chi connectivity index (χ3v) is 5.76. The van der Waals surface area contributed by atoms with Crippen molar-refractivity contribution < 1.29 is 28.3 Å². The number of carbonyl (C=O) groups excluding carboxylic acids is 3. The summed E-state index contributed by atoms with van der Waals surface area (Å²) >= 11 is 0. The lowest BCUT2D eigenvalue weighted by molar-refractivity contribution is -0.121. The summed E-state index contributed by atoms with van der Waals surface area (Å²) in [6.07, 6.45) is -2.44. The molecule has 9 heteroatoms. The van der Waals surface area contributed by atoms with E-state index in [0.29, 0.717) is 24.1 Å². The van der Waals surface area contributed by atoms with Gasteiger partial charge in [-0.2, -0.15) is 0 Å². The fraction of sp³-hybridized carbons (Fsp3) is 0.409. The highest BCUT2D eigenvalue weighted by atomic mass is 19.3. The number of rotatable bonds is 6. The molecular formula is C22H25F2N3O4. The van der Waals surface area contributed by atoms with E-state index < -0.39 is 35.7 Å². The quantitative estimate of drug-likeness (QED) is 0.482. The molecule has 1 aliphatic rings. The highest BCUT2D eigenvalue weighted by Gasteiger charge is 2.42. The molecule has 31 heavy (non-hydrogen) atoms. The standard InChI is InChI=1S/C22H25F2N3O4/c1-11-16(20(30)25-14-7-5-6-13(8-14)19(23)24)12(2)27(4)17(11)18(29)21(31)26-22(3)9-15(28)10-22/h5-8,15,19,28H,9-10H2,1-4H3,(H,25,30)(H,26,31)/t15-,22+. The molecule has 2 aromatic rings. The Labute approximate surface area is 178 Å². The number of amides is 2. The summed E-state index contributed by atoms with van der Waals surface area (Å²) < 4.78 is 27.3. The first kappa shape index (κ1) is 22.6. The van der Waals surface area contributed by atoms with Gasteiger partial charge in [0.05, 0.1) is 17.4 Å². The third kappa shape index (κ3) is 4.36. The SMILES string of the molecule is Cc1c(C(=O)Nc2cccc(C(F)F)c2)c(C)n(C)c1C(=O)C(=O)N[C@]1(C)C[C@H](O)C1. The summed E-state index contributed by atoms with van der Waals surface area (Å²) in [5.41, 5.74) is 0.393. The van der Waals surface area contributed by atoms with Crippen LogP contribution in [0, 0.1) is 13.8 Å². The smallest absolute Gasteiger partial charge is 0.294 e. The average molecular weight is 433 g/mol. The summed E-state index contributed by atoms with van der Waals surface area (Å²) in [5.74, 6) is -2.16. The molecule has 1 aromatic carbocycles. The summed E-state index contributed by atoms with van der Waals surface area (Å²) in [5, 5.41) is 14.7. The number of halogens is 2. The molecule has 0 unspecified atom stereocenters. The molecule has 1 aromatic heterocycles. The van der Waals surface area contributed by atoms with E-state index in [1.54, 1.807) is 27.8 Å². The number of hydrogen-bond donors (Lipinski definition) is 3. The van der Waals surface area contributed by atoms with E-state index in [0.717, 1.165) is 0 Å². The summed E-state index contributed by atoms with van der Waals surface area (Å²) in [6.45, 7) is 4.95. The lowest BCUT2D eigenvalue weighted by Crippen LogP contribution is -2.58. The number of ketones is 1.